The molecule has 37 heavy (non-hydrogen) atoms. The molecule has 0 unspecified atom stereocenters. The largest absolute Gasteiger partial charge is 0.495 e. The number of carbonyl (C=O) groups excluding carboxylic acids is 1. The fourth-order valence-corrected chi connectivity index (χ4v) is 4.86. The van der Waals surface area contributed by atoms with Gasteiger partial charge in [0.2, 0.25) is 0 Å². The number of carbonyl (C=O) groups is 1. The van der Waals surface area contributed by atoms with Crippen molar-refractivity contribution in [1.29, 1.82) is 0 Å². The minimum atomic E-state index is -0.0122. The summed E-state index contributed by atoms with van der Waals surface area (Å²) in [6, 6.07) is 23.6. The van der Waals surface area contributed by atoms with Crippen LogP contribution in [0.15, 0.2) is 89.7 Å². The molecule has 6 rings (SSSR count). The third kappa shape index (κ3) is 4.42. The van der Waals surface area contributed by atoms with Gasteiger partial charge in [-0.15, -0.1) is 0 Å². The number of rotatable bonds is 6. The molecule has 5 aromatic rings. The minimum absolute atomic E-state index is 0.0122. The van der Waals surface area contributed by atoms with Crippen LogP contribution >= 0.6 is 0 Å². The van der Waals surface area contributed by atoms with Crippen LogP contribution in [0.25, 0.3) is 22.3 Å². The number of furan rings is 1. The van der Waals surface area contributed by atoms with Gasteiger partial charge < -0.3 is 19.0 Å². The Morgan fingerprint density at radius 2 is 1.76 bits per heavy atom. The van der Waals surface area contributed by atoms with Crippen molar-refractivity contribution < 1.29 is 13.9 Å². The highest BCUT2D eigenvalue weighted by Crippen LogP contribution is 2.30. The summed E-state index contributed by atoms with van der Waals surface area (Å²) in [6.07, 6.45) is 3.38. The summed E-state index contributed by atoms with van der Waals surface area (Å²) in [4.78, 5) is 23.0. The van der Waals surface area contributed by atoms with Crippen molar-refractivity contribution in [1.82, 2.24) is 19.7 Å². The highest BCUT2D eigenvalue weighted by Gasteiger charge is 2.26. The Kier molecular flexibility index (Phi) is 6.06. The van der Waals surface area contributed by atoms with Crippen LogP contribution in [-0.4, -0.2) is 58.9 Å². The number of pyridine rings is 1. The van der Waals surface area contributed by atoms with Crippen LogP contribution in [0.2, 0.25) is 0 Å². The van der Waals surface area contributed by atoms with E-state index >= 15 is 0 Å². The molecule has 0 aliphatic carbocycles. The van der Waals surface area contributed by atoms with Gasteiger partial charge in [-0.2, -0.15) is 5.10 Å². The van der Waals surface area contributed by atoms with E-state index < -0.39 is 0 Å². The van der Waals surface area contributed by atoms with Crippen molar-refractivity contribution in [3.8, 4) is 17.0 Å². The maximum absolute atomic E-state index is 13.9. The first kappa shape index (κ1) is 22.8. The van der Waals surface area contributed by atoms with Crippen molar-refractivity contribution in [3.63, 3.8) is 0 Å². The number of piperazine rings is 1. The Balaban J connectivity index is 1.32. The maximum Gasteiger partial charge on any atom is 0.254 e. The lowest BCUT2D eigenvalue weighted by Crippen LogP contribution is -2.49. The molecular weight excluding hydrogens is 466 g/mol. The highest BCUT2D eigenvalue weighted by molar-refractivity contribution is 6.06. The average Bonchev–Trinajstić information content (AvgIpc) is 3.63. The summed E-state index contributed by atoms with van der Waals surface area (Å²) >= 11 is 0. The topological polar surface area (TPSA) is 76.6 Å². The number of fused-ring (bicyclic) bond motifs is 1. The number of hydrogen-bond donors (Lipinski definition) is 0. The average molecular weight is 494 g/mol. The van der Waals surface area contributed by atoms with Crippen molar-refractivity contribution in [2.45, 2.75) is 6.54 Å². The zero-order valence-corrected chi connectivity index (χ0v) is 20.6. The molecule has 1 aliphatic rings. The van der Waals surface area contributed by atoms with E-state index in [9.17, 15) is 4.79 Å². The van der Waals surface area contributed by atoms with Gasteiger partial charge in [-0.3, -0.25) is 4.79 Å². The Labute approximate surface area is 214 Å². The molecule has 1 saturated heterocycles. The number of nitrogens with zero attached hydrogens (tertiary/aromatic N) is 5. The number of amides is 1. The molecule has 0 atom stereocenters. The lowest BCUT2D eigenvalue weighted by Gasteiger charge is -2.36. The Bertz CT molecular complexity index is 1520. The molecule has 0 saturated carbocycles. The third-order valence-electron chi connectivity index (χ3n) is 6.79. The molecule has 3 aromatic heterocycles. The quantitative estimate of drug-likeness (QED) is 0.341. The number of anilines is 1. The standard InChI is InChI=1S/C29H27N5O3/c1-36-27-12-6-5-11-26(27)32-13-15-33(16-14-32)29(35)23-18-25(21-8-3-2-4-9-21)31-28-24(23)19-30-34(28)20-22-10-7-17-37-22/h2-12,17-19H,13-16,20H2,1H3. The first-order valence-corrected chi connectivity index (χ1v) is 12.3. The van der Waals surface area contributed by atoms with E-state index in [1.165, 1.54) is 0 Å². The number of methoxy groups -OCH3 is 1. The van der Waals surface area contributed by atoms with E-state index in [1.807, 2.05) is 71.6 Å². The molecular formula is C29H27N5O3. The van der Waals surface area contributed by atoms with Crippen molar-refractivity contribution in [3.05, 3.63) is 96.6 Å². The summed E-state index contributed by atoms with van der Waals surface area (Å²) in [5.74, 6) is 1.61. The van der Waals surface area contributed by atoms with Gasteiger partial charge in [0.15, 0.2) is 5.65 Å². The van der Waals surface area contributed by atoms with Gasteiger partial charge in [0, 0.05) is 31.7 Å². The minimum Gasteiger partial charge on any atom is -0.495 e. The first-order valence-electron chi connectivity index (χ1n) is 12.3. The second-order valence-corrected chi connectivity index (χ2v) is 8.99. The second-order valence-electron chi connectivity index (χ2n) is 8.99. The van der Waals surface area contributed by atoms with E-state index in [0.717, 1.165) is 46.9 Å². The number of aromatic nitrogens is 3. The molecule has 8 nitrogen and oxygen atoms in total. The van der Waals surface area contributed by atoms with Gasteiger partial charge in [0.1, 0.15) is 18.1 Å². The van der Waals surface area contributed by atoms with Crippen molar-refractivity contribution in [2.24, 2.45) is 0 Å². The maximum atomic E-state index is 13.9. The lowest BCUT2D eigenvalue weighted by molar-refractivity contribution is 0.0748. The lowest BCUT2D eigenvalue weighted by atomic mass is 10.1. The second kappa shape index (κ2) is 9.81. The van der Waals surface area contributed by atoms with Gasteiger partial charge in [-0.1, -0.05) is 42.5 Å². The zero-order chi connectivity index (χ0) is 25.2. The van der Waals surface area contributed by atoms with Gasteiger partial charge in [-0.25, -0.2) is 9.67 Å². The number of hydrogen-bond acceptors (Lipinski definition) is 6. The van der Waals surface area contributed by atoms with Crippen molar-refractivity contribution >= 4 is 22.6 Å². The van der Waals surface area contributed by atoms with Crippen molar-refractivity contribution in [2.75, 3.05) is 38.2 Å². The fraction of sp³-hybridized carbons (Fsp3) is 0.207. The molecule has 0 bridgehead atoms. The first-order chi connectivity index (χ1) is 18.2. The Morgan fingerprint density at radius 1 is 0.973 bits per heavy atom. The molecule has 0 radical (unpaired) electrons. The zero-order valence-electron chi connectivity index (χ0n) is 20.6. The van der Waals surface area contributed by atoms with Gasteiger partial charge in [0.25, 0.3) is 5.91 Å². The highest BCUT2D eigenvalue weighted by atomic mass is 16.5. The monoisotopic (exact) mass is 493 g/mol. The molecule has 4 heterocycles. The van der Waals surface area contributed by atoms with E-state index in [2.05, 4.69) is 16.1 Å². The van der Waals surface area contributed by atoms with E-state index in [0.29, 0.717) is 30.8 Å². The summed E-state index contributed by atoms with van der Waals surface area (Å²) in [5.41, 5.74) is 4.01. The van der Waals surface area contributed by atoms with Crippen LogP contribution < -0.4 is 9.64 Å². The number of ether oxygens (including phenoxy) is 1. The van der Waals surface area contributed by atoms with E-state index in [-0.39, 0.29) is 5.91 Å². The Hall–Kier alpha value is -4.59. The summed E-state index contributed by atoms with van der Waals surface area (Å²) in [5, 5.41) is 5.30. The van der Waals surface area contributed by atoms with E-state index in [4.69, 9.17) is 14.1 Å². The normalized spacial score (nSPS) is 13.8. The molecule has 8 heteroatoms. The molecule has 1 amide bonds. The smallest absolute Gasteiger partial charge is 0.254 e. The van der Waals surface area contributed by atoms with E-state index in [1.54, 1.807) is 24.3 Å². The fourth-order valence-electron chi connectivity index (χ4n) is 4.86. The number of benzene rings is 2. The van der Waals surface area contributed by atoms with Crippen LogP contribution in [0.5, 0.6) is 5.75 Å². The third-order valence-corrected chi connectivity index (χ3v) is 6.79. The van der Waals surface area contributed by atoms with Gasteiger partial charge >= 0.3 is 0 Å². The van der Waals surface area contributed by atoms with Crippen LogP contribution in [-0.2, 0) is 6.54 Å². The van der Waals surface area contributed by atoms with Gasteiger partial charge in [0.05, 0.1) is 41.9 Å². The predicted molar refractivity (Wildman–Crippen MR) is 142 cm³/mol. The molecule has 0 spiro atoms. The molecule has 1 aliphatic heterocycles. The van der Waals surface area contributed by atoms with Crippen LogP contribution in [0.4, 0.5) is 5.69 Å². The van der Waals surface area contributed by atoms with Gasteiger partial charge in [-0.05, 0) is 30.3 Å². The molecule has 1 fully saturated rings. The molecule has 186 valence electrons. The molecule has 2 aromatic carbocycles. The summed E-state index contributed by atoms with van der Waals surface area (Å²) < 4.78 is 12.9. The summed E-state index contributed by atoms with van der Waals surface area (Å²) in [7, 11) is 1.68. The predicted octanol–water partition coefficient (Wildman–Crippen LogP) is 4.71. The number of para-hydroxylation sites is 2. The van der Waals surface area contributed by atoms with Crippen LogP contribution in [0.1, 0.15) is 16.1 Å². The Morgan fingerprint density at radius 3 is 2.51 bits per heavy atom. The molecule has 0 N–H and O–H groups in total. The van der Waals surface area contributed by atoms with Crippen LogP contribution in [0, 0.1) is 0 Å². The SMILES string of the molecule is COc1ccccc1N1CCN(C(=O)c2cc(-c3ccccc3)nc3c2cnn3Cc2ccco2)CC1. The van der Waals surface area contributed by atoms with Crippen LogP contribution in [0.3, 0.4) is 0 Å². The summed E-state index contributed by atoms with van der Waals surface area (Å²) in [6.45, 7) is 3.12.